The summed E-state index contributed by atoms with van der Waals surface area (Å²) in [4.78, 5) is 12.3. The van der Waals surface area contributed by atoms with Crippen molar-refractivity contribution in [2.75, 3.05) is 5.33 Å². The monoisotopic (exact) mass is 337 g/mol. The standard InChI is InChI=1S/C17H24BrNO/c1-13-5-3-7-15(9-13)10-16(20)19-17(12-18)8-4-6-14(2)11-17/h3,5,7,9,14H,4,6,8,10-12H2,1-2H3,(H,19,20). The first-order valence-electron chi connectivity index (χ1n) is 7.45. The van der Waals surface area contributed by atoms with Crippen LogP contribution in [0.4, 0.5) is 0 Å². The van der Waals surface area contributed by atoms with Gasteiger partial charge in [-0.15, -0.1) is 0 Å². The molecule has 0 heterocycles. The SMILES string of the molecule is Cc1cccc(CC(=O)NC2(CBr)CCCC(C)C2)c1. The van der Waals surface area contributed by atoms with Gasteiger partial charge < -0.3 is 5.32 Å². The highest BCUT2D eigenvalue weighted by molar-refractivity contribution is 9.09. The Morgan fingerprint density at radius 1 is 1.50 bits per heavy atom. The Labute approximate surface area is 130 Å². The highest BCUT2D eigenvalue weighted by Crippen LogP contribution is 2.33. The molecule has 0 saturated heterocycles. The zero-order chi connectivity index (χ0) is 14.6. The summed E-state index contributed by atoms with van der Waals surface area (Å²) in [6, 6.07) is 8.19. The lowest BCUT2D eigenvalue weighted by Gasteiger charge is -2.39. The smallest absolute Gasteiger partial charge is 0.224 e. The topological polar surface area (TPSA) is 29.1 Å². The first-order valence-corrected chi connectivity index (χ1v) is 8.58. The van der Waals surface area contributed by atoms with E-state index in [0.29, 0.717) is 12.3 Å². The second kappa shape index (κ2) is 6.75. The maximum atomic E-state index is 12.3. The fourth-order valence-corrected chi connectivity index (χ4v) is 3.93. The van der Waals surface area contributed by atoms with Crippen LogP contribution in [0.2, 0.25) is 0 Å². The molecule has 1 aromatic rings. The van der Waals surface area contributed by atoms with E-state index in [4.69, 9.17) is 0 Å². The molecule has 0 spiro atoms. The fraction of sp³-hybridized carbons (Fsp3) is 0.588. The number of carbonyl (C=O) groups is 1. The number of nitrogens with one attached hydrogen (secondary N) is 1. The molecular formula is C17H24BrNO. The molecule has 2 atom stereocenters. The van der Waals surface area contributed by atoms with E-state index in [9.17, 15) is 4.79 Å². The molecule has 2 nitrogen and oxygen atoms in total. The predicted octanol–water partition coefficient (Wildman–Crippen LogP) is 4.00. The summed E-state index contributed by atoms with van der Waals surface area (Å²) in [6.45, 7) is 4.34. The molecule has 3 heteroatoms. The molecule has 1 aliphatic rings. The molecule has 0 aliphatic heterocycles. The molecule has 0 radical (unpaired) electrons. The van der Waals surface area contributed by atoms with Gasteiger partial charge >= 0.3 is 0 Å². The Morgan fingerprint density at radius 2 is 2.30 bits per heavy atom. The highest BCUT2D eigenvalue weighted by Gasteiger charge is 2.35. The first kappa shape index (κ1) is 15.6. The molecule has 110 valence electrons. The summed E-state index contributed by atoms with van der Waals surface area (Å²) < 4.78 is 0. The third-order valence-corrected chi connectivity index (χ3v) is 5.27. The Hall–Kier alpha value is -0.830. The van der Waals surface area contributed by atoms with Gasteiger partial charge in [0.2, 0.25) is 5.91 Å². The largest absolute Gasteiger partial charge is 0.350 e. The third-order valence-electron chi connectivity index (χ3n) is 4.20. The second-order valence-corrected chi connectivity index (χ2v) is 6.89. The van der Waals surface area contributed by atoms with Crippen LogP contribution in [0.3, 0.4) is 0 Å². The third kappa shape index (κ3) is 4.08. The average Bonchev–Trinajstić information content (AvgIpc) is 2.38. The summed E-state index contributed by atoms with van der Waals surface area (Å²) in [5, 5.41) is 4.15. The Balaban J connectivity index is 1.99. The van der Waals surface area contributed by atoms with Crippen LogP contribution in [0.1, 0.15) is 43.7 Å². The number of amides is 1. The van der Waals surface area contributed by atoms with Gasteiger partial charge in [-0.2, -0.15) is 0 Å². The number of benzene rings is 1. The van der Waals surface area contributed by atoms with Crippen LogP contribution in [0.5, 0.6) is 0 Å². The van der Waals surface area contributed by atoms with Gasteiger partial charge in [-0.25, -0.2) is 0 Å². The molecule has 20 heavy (non-hydrogen) atoms. The van der Waals surface area contributed by atoms with Gasteiger partial charge in [-0.1, -0.05) is 65.5 Å². The first-order chi connectivity index (χ1) is 9.53. The van der Waals surface area contributed by atoms with Gasteiger partial charge in [-0.05, 0) is 31.2 Å². The number of hydrogen-bond acceptors (Lipinski definition) is 1. The molecule has 0 aromatic heterocycles. The number of hydrogen-bond donors (Lipinski definition) is 1. The van der Waals surface area contributed by atoms with E-state index in [1.54, 1.807) is 0 Å². The van der Waals surface area contributed by atoms with E-state index in [-0.39, 0.29) is 11.4 Å². The minimum Gasteiger partial charge on any atom is -0.350 e. The van der Waals surface area contributed by atoms with Gasteiger partial charge in [0.05, 0.1) is 6.42 Å². The molecule has 1 amide bonds. The average molecular weight is 338 g/mol. The lowest BCUT2D eigenvalue weighted by Crippen LogP contribution is -2.53. The Kier molecular flexibility index (Phi) is 5.25. The van der Waals surface area contributed by atoms with Crippen molar-refractivity contribution >= 4 is 21.8 Å². The number of rotatable bonds is 4. The number of carbonyl (C=O) groups excluding carboxylic acids is 1. The second-order valence-electron chi connectivity index (χ2n) is 6.33. The van der Waals surface area contributed by atoms with Crippen LogP contribution in [-0.4, -0.2) is 16.8 Å². The van der Waals surface area contributed by atoms with Crippen molar-refractivity contribution in [3.05, 3.63) is 35.4 Å². The van der Waals surface area contributed by atoms with Crippen molar-refractivity contribution < 1.29 is 4.79 Å². The van der Waals surface area contributed by atoms with Gasteiger partial charge in [0.15, 0.2) is 0 Å². The van der Waals surface area contributed by atoms with E-state index in [2.05, 4.69) is 47.2 Å². The lowest BCUT2D eigenvalue weighted by molar-refractivity contribution is -0.122. The maximum Gasteiger partial charge on any atom is 0.224 e. The Bertz CT molecular complexity index is 474. The van der Waals surface area contributed by atoms with Crippen molar-refractivity contribution in [1.29, 1.82) is 0 Å². The minimum atomic E-state index is -0.0431. The quantitative estimate of drug-likeness (QED) is 0.826. The molecule has 1 fully saturated rings. The van der Waals surface area contributed by atoms with Crippen molar-refractivity contribution in [2.45, 2.75) is 51.5 Å². The van der Waals surface area contributed by atoms with Crippen LogP contribution >= 0.6 is 15.9 Å². The normalized spacial score (nSPS) is 26.2. The molecular weight excluding hydrogens is 314 g/mol. The van der Waals surface area contributed by atoms with Crippen LogP contribution in [0, 0.1) is 12.8 Å². The van der Waals surface area contributed by atoms with E-state index in [0.717, 1.165) is 23.7 Å². The van der Waals surface area contributed by atoms with Gasteiger partial charge in [0.1, 0.15) is 0 Å². The van der Waals surface area contributed by atoms with Crippen LogP contribution in [0.25, 0.3) is 0 Å². The Morgan fingerprint density at radius 3 is 2.95 bits per heavy atom. The molecule has 2 rings (SSSR count). The summed E-state index contributed by atoms with van der Waals surface area (Å²) in [5.74, 6) is 0.838. The lowest BCUT2D eigenvalue weighted by atomic mass is 9.77. The van der Waals surface area contributed by atoms with Crippen molar-refractivity contribution in [1.82, 2.24) is 5.32 Å². The maximum absolute atomic E-state index is 12.3. The zero-order valence-corrected chi connectivity index (χ0v) is 14.0. The van der Waals surface area contributed by atoms with E-state index in [1.807, 2.05) is 12.1 Å². The van der Waals surface area contributed by atoms with Crippen LogP contribution < -0.4 is 5.32 Å². The molecule has 1 aliphatic carbocycles. The van der Waals surface area contributed by atoms with E-state index >= 15 is 0 Å². The fourth-order valence-electron chi connectivity index (χ4n) is 3.28. The van der Waals surface area contributed by atoms with E-state index < -0.39 is 0 Å². The molecule has 2 unspecified atom stereocenters. The summed E-state index contributed by atoms with van der Waals surface area (Å²) in [5.41, 5.74) is 2.26. The van der Waals surface area contributed by atoms with E-state index in [1.165, 1.54) is 18.4 Å². The van der Waals surface area contributed by atoms with Crippen molar-refractivity contribution in [3.8, 4) is 0 Å². The minimum absolute atomic E-state index is 0.0431. The zero-order valence-electron chi connectivity index (χ0n) is 12.4. The van der Waals surface area contributed by atoms with Gasteiger partial charge in [0, 0.05) is 10.9 Å². The molecule has 0 bridgehead atoms. The number of halogens is 1. The summed E-state index contributed by atoms with van der Waals surface area (Å²) >= 11 is 3.61. The van der Waals surface area contributed by atoms with Crippen LogP contribution in [0.15, 0.2) is 24.3 Å². The summed E-state index contributed by atoms with van der Waals surface area (Å²) in [7, 11) is 0. The number of aryl methyl sites for hydroxylation is 1. The van der Waals surface area contributed by atoms with Gasteiger partial charge in [0.25, 0.3) is 0 Å². The van der Waals surface area contributed by atoms with Crippen LogP contribution in [-0.2, 0) is 11.2 Å². The summed E-state index contributed by atoms with van der Waals surface area (Å²) in [6.07, 6.45) is 5.13. The molecule has 1 N–H and O–H groups in total. The highest BCUT2D eigenvalue weighted by atomic mass is 79.9. The predicted molar refractivity (Wildman–Crippen MR) is 87.2 cm³/mol. The van der Waals surface area contributed by atoms with Crippen molar-refractivity contribution in [3.63, 3.8) is 0 Å². The van der Waals surface area contributed by atoms with Crippen molar-refractivity contribution in [2.24, 2.45) is 5.92 Å². The molecule has 1 aromatic carbocycles. The number of alkyl halides is 1. The molecule has 1 saturated carbocycles. The van der Waals surface area contributed by atoms with Gasteiger partial charge in [-0.3, -0.25) is 4.79 Å².